The van der Waals surface area contributed by atoms with Gasteiger partial charge in [-0.25, -0.2) is 0 Å². The molecular weight excluding hydrogens is 1020 g/mol. The van der Waals surface area contributed by atoms with E-state index in [2.05, 4.69) is 314 Å². The topological polar surface area (TPSA) is 18.1 Å². The van der Waals surface area contributed by atoms with E-state index in [4.69, 9.17) is 4.42 Å². The van der Waals surface area contributed by atoms with Crippen LogP contribution in [-0.2, 0) is 0 Å². The SMILES string of the molecule is c1ccc([Si]2(c3ccccc3)c3cc(-c4cccc5c4oc4ccccc45)ccc3-c3ccc(-n4c5ccc(-c6ccc(-c7cccc8ccccc78)cc6)cc5c5cc(-c6ccc(-c7cccc8ccccc78)cc6)ccc54)cc32)cc1. The molecule has 0 saturated heterocycles. The van der Waals surface area contributed by atoms with Crippen LogP contribution in [0.1, 0.15) is 0 Å². The fourth-order valence-corrected chi connectivity index (χ4v) is 19.3. The van der Waals surface area contributed by atoms with Crippen molar-refractivity contribution >= 4 is 94.1 Å². The summed E-state index contributed by atoms with van der Waals surface area (Å²) < 4.78 is 9.23. The first-order valence-electron chi connectivity index (χ1n) is 28.7. The second kappa shape index (κ2) is 18.8. The molecule has 0 amide bonds. The maximum absolute atomic E-state index is 6.71. The summed E-state index contributed by atoms with van der Waals surface area (Å²) in [7, 11) is -3.01. The molecule has 0 N–H and O–H groups in total. The van der Waals surface area contributed by atoms with Gasteiger partial charge < -0.3 is 8.98 Å². The van der Waals surface area contributed by atoms with Gasteiger partial charge in [0.2, 0.25) is 0 Å². The van der Waals surface area contributed by atoms with Crippen LogP contribution in [0.25, 0.3) is 138 Å². The summed E-state index contributed by atoms with van der Waals surface area (Å²) >= 11 is 0. The second-order valence-corrected chi connectivity index (χ2v) is 26.0. The van der Waals surface area contributed by atoms with Crippen molar-refractivity contribution in [3.63, 3.8) is 0 Å². The lowest BCUT2D eigenvalue weighted by molar-refractivity contribution is 0.670. The molecule has 0 atom stereocenters. The van der Waals surface area contributed by atoms with Crippen molar-refractivity contribution in [1.82, 2.24) is 4.57 Å². The van der Waals surface area contributed by atoms with E-state index >= 15 is 0 Å². The highest BCUT2D eigenvalue weighted by Crippen LogP contribution is 2.42. The molecule has 3 heteroatoms. The van der Waals surface area contributed by atoms with Crippen LogP contribution in [0.15, 0.2) is 314 Å². The molecule has 0 radical (unpaired) electrons. The number of aromatic nitrogens is 1. The molecule has 0 bridgehead atoms. The third-order valence-corrected chi connectivity index (χ3v) is 22.8. The Kier molecular flexibility index (Phi) is 10.7. The zero-order valence-electron chi connectivity index (χ0n) is 45.3. The van der Waals surface area contributed by atoms with Crippen molar-refractivity contribution in [3.05, 3.63) is 309 Å². The van der Waals surface area contributed by atoms with E-state index in [0.29, 0.717) is 0 Å². The Balaban J connectivity index is 0.853. The normalized spacial score (nSPS) is 12.7. The van der Waals surface area contributed by atoms with Gasteiger partial charge in [0.15, 0.2) is 8.07 Å². The molecule has 1 aliphatic heterocycles. The molecule has 16 aromatic rings. The molecule has 2 nitrogen and oxygen atoms in total. The van der Waals surface area contributed by atoms with Crippen LogP contribution in [-0.4, -0.2) is 12.6 Å². The van der Waals surface area contributed by atoms with E-state index in [1.165, 1.54) is 120 Å². The molecule has 0 aliphatic carbocycles. The largest absolute Gasteiger partial charge is 0.455 e. The fourth-order valence-electron chi connectivity index (χ4n) is 14.1. The Bertz CT molecular complexity index is 5020. The van der Waals surface area contributed by atoms with Gasteiger partial charge in [0.05, 0.1) is 11.0 Å². The van der Waals surface area contributed by atoms with Crippen LogP contribution in [0.2, 0.25) is 0 Å². The lowest BCUT2D eigenvalue weighted by atomic mass is 9.95. The number of rotatable bonds is 8. The maximum atomic E-state index is 6.71. The smallest absolute Gasteiger partial charge is 0.180 e. The van der Waals surface area contributed by atoms with Gasteiger partial charge in [-0.15, -0.1) is 0 Å². The fraction of sp³-hybridized carbons (Fsp3) is 0. The Hall–Kier alpha value is -10.6. The number of furan rings is 1. The Morgan fingerprint density at radius 2 is 0.687 bits per heavy atom. The molecule has 14 aromatic carbocycles. The van der Waals surface area contributed by atoms with E-state index in [-0.39, 0.29) is 0 Å². The summed E-state index contributed by atoms with van der Waals surface area (Å²) in [6.07, 6.45) is 0. The standard InChI is InChI=1S/C80H51NOSi/c1-3-20-62(21-4-1)83(63-22-5-2-6-23-63)78-50-60(68-29-15-30-72-69-26-11-12-31-77(69)82-80(68)72)40-44-70(78)71-45-43-61(51-79(71)83)81-75-46-41-58(52-32-36-56(37-33-52)66-27-13-18-54-16-7-9-24-64(54)66)48-73(75)74-49-59(42-47-76(74)81)53-34-38-57(39-35-53)67-28-14-19-55-17-8-10-25-65(55)67/h1-51H. The second-order valence-electron chi connectivity index (χ2n) is 22.3. The van der Waals surface area contributed by atoms with Gasteiger partial charge in [-0.2, -0.15) is 0 Å². The minimum atomic E-state index is -3.01. The van der Waals surface area contributed by atoms with E-state index in [1.807, 2.05) is 0 Å². The van der Waals surface area contributed by atoms with Gasteiger partial charge in [0.1, 0.15) is 11.2 Å². The highest BCUT2D eigenvalue weighted by atomic mass is 28.3. The number of fused-ring (bicyclic) bond motifs is 11. The lowest BCUT2D eigenvalue weighted by Gasteiger charge is -2.32. The van der Waals surface area contributed by atoms with Gasteiger partial charge in [-0.1, -0.05) is 267 Å². The predicted molar refractivity (Wildman–Crippen MR) is 353 cm³/mol. The number of hydrogen-bond acceptors (Lipinski definition) is 1. The third-order valence-electron chi connectivity index (χ3n) is 17.9. The molecule has 0 spiro atoms. The summed E-state index contributed by atoms with van der Waals surface area (Å²) in [5, 5.41) is 15.2. The average molecular weight is 1070 g/mol. The van der Waals surface area contributed by atoms with Crippen molar-refractivity contribution in [1.29, 1.82) is 0 Å². The highest BCUT2D eigenvalue weighted by molar-refractivity contribution is 7.22. The number of hydrogen-bond donors (Lipinski definition) is 0. The van der Waals surface area contributed by atoms with Crippen LogP contribution in [0.3, 0.4) is 0 Å². The first kappa shape index (κ1) is 47.2. The quantitative estimate of drug-likeness (QED) is 0.139. The molecule has 0 unspecified atom stereocenters. The first-order chi connectivity index (χ1) is 41.1. The molecule has 3 heterocycles. The van der Waals surface area contributed by atoms with E-state index in [1.54, 1.807) is 0 Å². The zero-order chi connectivity index (χ0) is 54.6. The van der Waals surface area contributed by atoms with Crippen LogP contribution >= 0.6 is 0 Å². The van der Waals surface area contributed by atoms with Crippen LogP contribution in [0, 0.1) is 0 Å². The van der Waals surface area contributed by atoms with Crippen molar-refractivity contribution < 1.29 is 4.42 Å². The average Bonchev–Trinajstić information content (AvgIpc) is 2.57. The highest BCUT2D eigenvalue weighted by Gasteiger charge is 2.49. The maximum Gasteiger partial charge on any atom is 0.180 e. The molecule has 17 rings (SSSR count). The van der Waals surface area contributed by atoms with E-state index in [9.17, 15) is 0 Å². The minimum Gasteiger partial charge on any atom is -0.455 e. The first-order valence-corrected chi connectivity index (χ1v) is 30.7. The molecule has 2 aromatic heterocycles. The molecule has 0 fully saturated rings. The molecule has 83 heavy (non-hydrogen) atoms. The van der Waals surface area contributed by atoms with Crippen LogP contribution in [0.5, 0.6) is 0 Å². The number of para-hydroxylation sites is 2. The summed E-state index contributed by atoms with van der Waals surface area (Å²) in [6.45, 7) is 0. The Morgan fingerprint density at radius 3 is 1.28 bits per heavy atom. The molecule has 0 saturated carbocycles. The van der Waals surface area contributed by atoms with Gasteiger partial charge in [-0.3, -0.25) is 0 Å². The molecular formula is C80H51NOSi. The molecule has 1 aliphatic rings. The van der Waals surface area contributed by atoms with Crippen molar-refractivity contribution in [2.24, 2.45) is 0 Å². The monoisotopic (exact) mass is 1070 g/mol. The van der Waals surface area contributed by atoms with Crippen molar-refractivity contribution in [3.8, 4) is 72.4 Å². The summed E-state index contributed by atoms with van der Waals surface area (Å²) in [5.41, 5.74) is 19.8. The summed E-state index contributed by atoms with van der Waals surface area (Å²) in [6, 6.07) is 115. The zero-order valence-corrected chi connectivity index (χ0v) is 46.3. The van der Waals surface area contributed by atoms with Crippen LogP contribution < -0.4 is 20.7 Å². The Morgan fingerprint density at radius 1 is 0.253 bits per heavy atom. The Labute approximate surface area is 482 Å². The summed E-state index contributed by atoms with van der Waals surface area (Å²) in [5.74, 6) is 0. The van der Waals surface area contributed by atoms with Gasteiger partial charge in [0.25, 0.3) is 0 Å². The third kappa shape index (κ3) is 7.35. The molecule has 386 valence electrons. The minimum absolute atomic E-state index is 0.906. The van der Waals surface area contributed by atoms with Crippen molar-refractivity contribution in [2.75, 3.05) is 0 Å². The van der Waals surface area contributed by atoms with Gasteiger partial charge in [-0.05, 0) is 146 Å². The van der Waals surface area contributed by atoms with E-state index < -0.39 is 8.07 Å². The van der Waals surface area contributed by atoms with Crippen LogP contribution in [0.4, 0.5) is 0 Å². The predicted octanol–water partition coefficient (Wildman–Crippen LogP) is 18.7. The lowest BCUT2D eigenvalue weighted by Crippen LogP contribution is -2.72. The van der Waals surface area contributed by atoms with Crippen molar-refractivity contribution in [2.45, 2.75) is 0 Å². The summed E-state index contributed by atoms with van der Waals surface area (Å²) in [4.78, 5) is 0. The van der Waals surface area contributed by atoms with Gasteiger partial charge in [0, 0.05) is 32.8 Å². The number of benzene rings is 14. The van der Waals surface area contributed by atoms with E-state index in [0.717, 1.165) is 38.8 Å². The number of nitrogens with zero attached hydrogens (tertiary/aromatic N) is 1. The van der Waals surface area contributed by atoms with Gasteiger partial charge >= 0.3 is 0 Å².